The van der Waals surface area contributed by atoms with Crippen LogP contribution in [-0.4, -0.2) is 18.6 Å². The van der Waals surface area contributed by atoms with Crippen LogP contribution in [0.5, 0.6) is 0 Å². The van der Waals surface area contributed by atoms with E-state index in [9.17, 15) is 4.79 Å². The second kappa shape index (κ2) is 2.82. The Morgan fingerprint density at radius 1 is 1.36 bits per heavy atom. The van der Waals surface area contributed by atoms with E-state index in [4.69, 9.17) is 4.74 Å². The molecule has 1 fully saturated rings. The molecule has 1 aliphatic heterocycles. The van der Waals surface area contributed by atoms with Crippen LogP contribution in [0.1, 0.15) is 17.2 Å². The Kier molecular flexibility index (Phi) is 1.61. The van der Waals surface area contributed by atoms with Gasteiger partial charge in [0, 0.05) is 6.42 Å². The van der Waals surface area contributed by atoms with Crippen LogP contribution in [0.3, 0.4) is 0 Å². The number of hydrogen-bond donors (Lipinski definition) is 1. The zero-order chi connectivity index (χ0) is 9.54. The van der Waals surface area contributed by atoms with Gasteiger partial charge in [0.15, 0.2) is 0 Å². The zero-order valence-corrected chi connectivity index (χ0v) is 7.69. The molecule has 1 heterocycles. The Morgan fingerprint density at radius 2 is 2.21 bits per heavy atom. The first-order valence-electron chi connectivity index (χ1n) is 4.83. The molecule has 0 spiro atoms. The standard InChI is InChI=1S/C11H11NO2/c13-10-6-14-9-5-7-3-1-2-4-8(7)11(9)12-10/h1-4,9,11H,5-6H2,(H,12,13)/t9-,11?/m0/s1. The van der Waals surface area contributed by atoms with E-state index < -0.39 is 0 Å². The minimum absolute atomic E-state index is 0.0112. The number of fused-ring (bicyclic) bond motifs is 3. The summed E-state index contributed by atoms with van der Waals surface area (Å²) in [5.41, 5.74) is 2.51. The van der Waals surface area contributed by atoms with Gasteiger partial charge in [0.05, 0.1) is 12.1 Å². The molecule has 0 aromatic heterocycles. The first-order chi connectivity index (χ1) is 6.84. The fourth-order valence-corrected chi connectivity index (χ4v) is 2.28. The second-order valence-electron chi connectivity index (χ2n) is 3.80. The molecule has 1 aromatic carbocycles. The van der Waals surface area contributed by atoms with Crippen molar-refractivity contribution >= 4 is 5.91 Å². The smallest absolute Gasteiger partial charge is 0.246 e. The molecule has 72 valence electrons. The summed E-state index contributed by atoms with van der Waals surface area (Å²) in [5.74, 6) is -0.0112. The first-order valence-corrected chi connectivity index (χ1v) is 4.83. The van der Waals surface area contributed by atoms with Crippen molar-refractivity contribution in [3.63, 3.8) is 0 Å². The summed E-state index contributed by atoms with van der Waals surface area (Å²) in [6.45, 7) is 0.204. The van der Waals surface area contributed by atoms with Crippen LogP contribution in [-0.2, 0) is 16.0 Å². The number of carbonyl (C=O) groups is 1. The highest BCUT2D eigenvalue weighted by Gasteiger charge is 2.37. The highest BCUT2D eigenvalue weighted by molar-refractivity contribution is 5.78. The van der Waals surface area contributed by atoms with Gasteiger partial charge in [0.2, 0.25) is 5.91 Å². The van der Waals surface area contributed by atoms with E-state index >= 15 is 0 Å². The molecule has 3 heteroatoms. The molecule has 0 saturated carbocycles. The third-order valence-corrected chi connectivity index (χ3v) is 2.93. The molecule has 1 saturated heterocycles. The highest BCUT2D eigenvalue weighted by atomic mass is 16.5. The van der Waals surface area contributed by atoms with Gasteiger partial charge in [0.25, 0.3) is 0 Å². The predicted molar refractivity (Wildman–Crippen MR) is 50.8 cm³/mol. The number of benzene rings is 1. The van der Waals surface area contributed by atoms with Crippen molar-refractivity contribution < 1.29 is 9.53 Å². The van der Waals surface area contributed by atoms with Crippen LogP contribution in [0.4, 0.5) is 0 Å². The van der Waals surface area contributed by atoms with E-state index in [-0.39, 0.29) is 24.7 Å². The van der Waals surface area contributed by atoms with Gasteiger partial charge in [-0.15, -0.1) is 0 Å². The van der Waals surface area contributed by atoms with Crippen molar-refractivity contribution in [2.75, 3.05) is 6.61 Å². The van der Waals surface area contributed by atoms with Gasteiger partial charge in [-0.05, 0) is 11.1 Å². The Labute approximate surface area is 82.1 Å². The fraction of sp³-hybridized carbons (Fsp3) is 0.364. The average molecular weight is 189 g/mol. The lowest BCUT2D eigenvalue weighted by atomic mass is 10.1. The molecule has 3 rings (SSSR count). The van der Waals surface area contributed by atoms with Gasteiger partial charge < -0.3 is 10.1 Å². The maximum Gasteiger partial charge on any atom is 0.246 e. The van der Waals surface area contributed by atoms with Crippen molar-refractivity contribution in [3.8, 4) is 0 Å². The highest BCUT2D eigenvalue weighted by Crippen LogP contribution is 2.34. The summed E-state index contributed by atoms with van der Waals surface area (Å²) in [5, 5.41) is 2.97. The number of morpholine rings is 1. The Hall–Kier alpha value is -1.35. The van der Waals surface area contributed by atoms with Crippen molar-refractivity contribution in [2.45, 2.75) is 18.6 Å². The van der Waals surface area contributed by atoms with Crippen LogP contribution < -0.4 is 5.32 Å². The fourth-order valence-electron chi connectivity index (χ4n) is 2.28. The number of carbonyl (C=O) groups excluding carboxylic acids is 1. The molecule has 1 amide bonds. The normalized spacial score (nSPS) is 29.3. The monoisotopic (exact) mass is 189 g/mol. The molecule has 2 atom stereocenters. The first kappa shape index (κ1) is 8.00. The lowest BCUT2D eigenvalue weighted by Crippen LogP contribution is -2.43. The summed E-state index contributed by atoms with van der Waals surface area (Å²) >= 11 is 0. The van der Waals surface area contributed by atoms with Crippen LogP contribution in [0.25, 0.3) is 0 Å². The van der Waals surface area contributed by atoms with E-state index in [0.717, 1.165) is 6.42 Å². The molecule has 1 aliphatic carbocycles. The van der Waals surface area contributed by atoms with Crippen LogP contribution >= 0.6 is 0 Å². The number of hydrogen-bond acceptors (Lipinski definition) is 2. The number of rotatable bonds is 0. The van der Waals surface area contributed by atoms with Gasteiger partial charge in [-0.3, -0.25) is 4.79 Å². The maximum absolute atomic E-state index is 11.2. The van der Waals surface area contributed by atoms with Crippen molar-refractivity contribution in [2.24, 2.45) is 0 Å². The SMILES string of the molecule is O=C1CO[C@H]2Cc3ccccc3C2N1. The van der Waals surface area contributed by atoms with E-state index in [1.807, 2.05) is 12.1 Å². The largest absolute Gasteiger partial charge is 0.366 e. The molecule has 0 bridgehead atoms. The molecule has 14 heavy (non-hydrogen) atoms. The van der Waals surface area contributed by atoms with E-state index in [1.54, 1.807) is 0 Å². The molecular weight excluding hydrogens is 178 g/mol. The minimum atomic E-state index is -0.0112. The summed E-state index contributed by atoms with van der Waals surface area (Å²) < 4.78 is 5.48. The molecule has 1 N–H and O–H groups in total. The van der Waals surface area contributed by atoms with Crippen LogP contribution in [0.2, 0.25) is 0 Å². The molecule has 1 aromatic rings. The molecular formula is C11H11NO2. The third kappa shape index (κ3) is 1.06. The van der Waals surface area contributed by atoms with Crippen LogP contribution in [0.15, 0.2) is 24.3 Å². The number of amides is 1. The van der Waals surface area contributed by atoms with Gasteiger partial charge in [-0.2, -0.15) is 0 Å². The van der Waals surface area contributed by atoms with E-state index in [1.165, 1.54) is 11.1 Å². The molecule has 3 nitrogen and oxygen atoms in total. The lowest BCUT2D eigenvalue weighted by Gasteiger charge is -2.27. The Morgan fingerprint density at radius 3 is 3.14 bits per heavy atom. The third-order valence-electron chi connectivity index (χ3n) is 2.93. The molecule has 0 radical (unpaired) electrons. The minimum Gasteiger partial charge on any atom is -0.366 e. The second-order valence-corrected chi connectivity index (χ2v) is 3.80. The topological polar surface area (TPSA) is 38.3 Å². The number of ether oxygens (including phenoxy) is 1. The summed E-state index contributed by atoms with van der Waals surface area (Å²) in [6.07, 6.45) is 1.06. The average Bonchev–Trinajstić information content (AvgIpc) is 2.56. The molecule has 2 aliphatic rings. The van der Waals surface area contributed by atoms with Crippen molar-refractivity contribution in [1.29, 1.82) is 0 Å². The summed E-state index contributed by atoms with van der Waals surface area (Å²) in [4.78, 5) is 11.2. The Balaban J connectivity index is 2.00. The van der Waals surface area contributed by atoms with Gasteiger partial charge in [0.1, 0.15) is 6.61 Å². The van der Waals surface area contributed by atoms with E-state index in [0.29, 0.717) is 0 Å². The van der Waals surface area contributed by atoms with Crippen molar-refractivity contribution in [3.05, 3.63) is 35.4 Å². The maximum atomic E-state index is 11.2. The van der Waals surface area contributed by atoms with Gasteiger partial charge in [-0.1, -0.05) is 24.3 Å². The quantitative estimate of drug-likeness (QED) is 0.655. The summed E-state index contributed by atoms with van der Waals surface area (Å²) in [6, 6.07) is 8.27. The van der Waals surface area contributed by atoms with Crippen LogP contribution in [0, 0.1) is 0 Å². The zero-order valence-electron chi connectivity index (χ0n) is 7.69. The van der Waals surface area contributed by atoms with Crippen molar-refractivity contribution in [1.82, 2.24) is 5.32 Å². The predicted octanol–water partition coefficient (Wildman–Crippen LogP) is 0.799. The van der Waals surface area contributed by atoms with Gasteiger partial charge in [-0.25, -0.2) is 0 Å². The molecule has 1 unspecified atom stereocenters. The Bertz CT molecular complexity index is 389. The van der Waals surface area contributed by atoms with Gasteiger partial charge >= 0.3 is 0 Å². The summed E-state index contributed by atoms with van der Waals surface area (Å²) in [7, 11) is 0. The lowest BCUT2D eigenvalue weighted by molar-refractivity contribution is -0.136. The number of nitrogens with one attached hydrogen (secondary N) is 1. The van der Waals surface area contributed by atoms with E-state index in [2.05, 4.69) is 17.4 Å².